The summed E-state index contributed by atoms with van der Waals surface area (Å²) in [7, 11) is 0. The molecule has 0 aliphatic heterocycles. The number of hydrogen-bond donors (Lipinski definition) is 1. The van der Waals surface area contributed by atoms with E-state index in [0.717, 1.165) is 11.8 Å². The first-order valence-corrected chi connectivity index (χ1v) is 8.54. The molecule has 2 nitrogen and oxygen atoms in total. The molecule has 0 atom stereocenters. The first-order chi connectivity index (χ1) is 8.47. The number of nitrogens with one attached hydrogen (secondary N) is 1. The zero-order valence-electron chi connectivity index (χ0n) is 8.64. The summed E-state index contributed by atoms with van der Waals surface area (Å²) in [6, 6.07) is 7.25. The lowest BCUT2D eigenvalue weighted by atomic mass is 10.3. The third kappa shape index (κ3) is 3.47. The molecule has 94 valence electrons. The van der Waals surface area contributed by atoms with Gasteiger partial charge in [-0.3, -0.25) is 4.79 Å². The maximum Gasteiger partial charge on any atom is 0.265 e. The predicted molar refractivity (Wildman–Crippen MR) is 91.8 cm³/mol. The first kappa shape index (κ1) is 14.8. The van der Waals surface area contributed by atoms with Crippen LogP contribution in [-0.4, -0.2) is 5.91 Å². The van der Waals surface area contributed by atoms with Crippen molar-refractivity contribution >= 4 is 89.0 Å². The van der Waals surface area contributed by atoms with Gasteiger partial charge >= 0.3 is 0 Å². The Morgan fingerprint density at radius 3 is 2.61 bits per heavy atom. The van der Waals surface area contributed by atoms with Crippen molar-refractivity contribution in [2.24, 2.45) is 0 Å². The average molecular weight is 521 g/mol. The summed E-state index contributed by atoms with van der Waals surface area (Å²) >= 11 is 16.3. The van der Waals surface area contributed by atoms with E-state index < -0.39 is 0 Å². The van der Waals surface area contributed by atoms with Crippen LogP contribution in [-0.2, 0) is 0 Å². The molecule has 0 spiro atoms. The van der Waals surface area contributed by atoms with Gasteiger partial charge in [0.2, 0.25) is 0 Å². The molecule has 1 aromatic carbocycles. The lowest BCUT2D eigenvalue weighted by Gasteiger charge is -2.06. The van der Waals surface area contributed by atoms with Crippen molar-refractivity contribution in [3.8, 4) is 0 Å². The van der Waals surface area contributed by atoms with Gasteiger partial charge in [-0.2, -0.15) is 0 Å². The van der Waals surface area contributed by atoms with Gasteiger partial charge in [0.25, 0.3) is 5.91 Å². The average Bonchev–Trinajstić information content (AvgIpc) is 2.63. The van der Waals surface area contributed by atoms with Gasteiger partial charge in [-0.1, -0.05) is 11.6 Å². The molecule has 7 heteroatoms. The van der Waals surface area contributed by atoms with Gasteiger partial charge in [-0.05, 0) is 78.7 Å². The second-order valence-electron chi connectivity index (χ2n) is 3.31. The molecule has 0 unspecified atom stereocenters. The highest BCUT2D eigenvalue weighted by atomic mass is 127. The van der Waals surface area contributed by atoms with Gasteiger partial charge in [-0.15, -0.1) is 11.3 Å². The van der Waals surface area contributed by atoms with E-state index in [9.17, 15) is 4.79 Å². The minimum atomic E-state index is -0.172. The van der Waals surface area contributed by atoms with Gasteiger partial charge in [0.15, 0.2) is 0 Å². The van der Waals surface area contributed by atoms with Crippen molar-refractivity contribution in [2.45, 2.75) is 0 Å². The van der Waals surface area contributed by atoms with Crippen LogP contribution in [0.4, 0.5) is 5.69 Å². The van der Waals surface area contributed by atoms with Crippen LogP contribution in [0.1, 0.15) is 9.67 Å². The van der Waals surface area contributed by atoms with Crippen LogP contribution in [0.5, 0.6) is 0 Å². The maximum atomic E-state index is 12.0. The summed E-state index contributed by atoms with van der Waals surface area (Å²) < 4.78 is 2.78. The summed E-state index contributed by atoms with van der Waals surface area (Å²) in [5.74, 6) is -0.172. The zero-order valence-corrected chi connectivity index (χ0v) is 15.5. The molecular weight excluding hydrogens is 516 g/mol. The normalized spacial score (nSPS) is 10.4. The standard InChI is InChI=1S/C11H5Br2ClINOS/c12-6-4-9(18-10(6)13)11(17)16-8-2-1-5(15)3-7(8)14/h1-4H,(H,16,17). The smallest absolute Gasteiger partial charge is 0.265 e. The topological polar surface area (TPSA) is 29.1 Å². The van der Waals surface area contributed by atoms with Gasteiger partial charge in [0.1, 0.15) is 0 Å². The van der Waals surface area contributed by atoms with Crippen molar-refractivity contribution in [3.05, 3.63) is 46.0 Å². The second kappa shape index (κ2) is 6.21. The summed E-state index contributed by atoms with van der Waals surface area (Å²) in [4.78, 5) is 12.6. The Labute approximate surface area is 144 Å². The molecule has 1 N–H and O–H groups in total. The molecule has 0 radical (unpaired) electrons. The van der Waals surface area contributed by atoms with Crippen LogP contribution in [0.2, 0.25) is 5.02 Å². The largest absolute Gasteiger partial charge is 0.320 e. The highest BCUT2D eigenvalue weighted by Crippen LogP contribution is 2.33. The number of carbonyl (C=O) groups excluding carboxylic acids is 1. The van der Waals surface area contributed by atoms with E-state index in [1.165, 1.54) is 11.3 Å². The van der Waals surface area contributed by atoms with Crippen LogP contribution in [0.15, 0.2) is 32.5 Å². The highest BCUT2D eigenvalue weighted by molar-refractivity contribution is 14.1. The molecule has 0 saturated carbocycles. The SMILES string of the molecule is O=C(Nc1ccc(I)cc1Cl)c1cc(Br)c(Br)s1. The van der Waals surface area contributed by atoms with Crippen LogP contribution < -0.4 is 5.32 Å². The molecule has 18 heavy (non-hydrogen) atoms. The number of carbonyl (C=O) groups is 1. The Hall–Kier alpha value is 0.370. The Bertz CT molecular complexity index is 598. The molecular formula is C11H5Br2ClINOS. The number of benzene rings is 1. The van der Waals surface area contributed by atoms with Crippen molar-refractivity contribution in [1.29, 1.82) is 0 Å². The number of rotatable bonds is 2. The van der Waals surface area contributed by atoms with Crippen molar-refractivity contribution in [2.75, 3.05) is 5.32 Å². The van der Waals surface area contributed by atoms with Crippen LogP contribution in [0.3, 0.4) is 0 Å². The Balaban J connectivity index is 2.21. The molecule has 1 aromatic heterocycles. The maximum absolute atomic E-state index is 12.0. The van der Waals surface area contributed by atoms with E-state index in [4.69, 9.17) is 11.6 Å². The third-order valence-electron chi connectivity index (χ3n) is 2.05. The molecule has 1 amide bonds. The summed E-state index contributed by atoms with van der Waals surface area (Å²) in [6.45, 7) is 0. The third-order valence-corrected chi connectivity index (χ3v) is 6.29. The fourth-order valence-electron chi connectivity index (χ4n) is 1.23. The van der Waals surface area contributed by atoms with E-state index in [1.807, 2.05) is 6.07 Å². The molecule has 2 aromatic rings. The van der Waals surface area contributed by atoms with Crippen molar-refractivity contribution < 1.29 is 4.79 Å². The minimum absolute atomic E-state index is 0.172. The minimum Gasteiger partial charge on any atom is -0.320 e. The molecule has 0 fully saturated rings. The number of thiophene rings is 1. The highest BCUT2D eigenvalue weighted by Gasteiger charge is 2.13. The van der Waals surface area contributed by atoms with E-state index in [2.05, 4.69) is 59.8 Å². The molecule has 0 aliphatic rings. The molecule has 0 bridgehead atoms. The zero-order chi connectivity index (χ0) is 13.3. The fourth-order valence-corrected chi connectivity index (χ4v) is 4.07. The number of amides is 1. The molecule has 0 aliphatic carbocycles. The van der Waals surface area contributed by atoms with Crippen LogP contribution >= 0.6 is 77.4 Å². The number of hydrogen-bond acceptors (Lipinski definition) is 2. The van der Waals surface area contributed by atoms with Gasteiger partial charge in [-0.25, -0.2) is 0 Å². The first-order valence-electron chi connectivity index (χ1n) is 4.68. The number of anilines is 1. The Kier molecular flexibility index (Phi) is 5.10. The quantitative estimate of drug-likeness (QED) is 0.499. The van der Waals surface area contributed by atoms with E-state index in [0.29, 0.717) is 15.6 Å². The molecule has 0 saturated heterocycles. The predicted octanol–water partition coefficient (Wildman–Crippen LogP) is 5.78. The number of halogens is 4. The van der Waals surface area contributed by atoms with E-state index >= 15 is 0 Å². The lowest BCUT2D eigenvalue weighted by Crippen LogP contribution is -2.10. The van der Waals surface area contributed by atoms with Crippen molar-refractivity contribution in [1.82, 2.24) is 0 Å². The lowest BCUT2D eigenvalue weighted by molar-refractivity contribution is 0.103. The van der Waals surface area contributed by atoms with E-state index in [1.54, 1.807) is 18.2 Å². The summed E-state index contributed by atoms with van der Waals surface area (Å²) in [5, 5.41) is 3.32. The molecule has 1 heterocycles. The Morgan fingerprint density at radius 2 is 2.06 bits per heavy atom. The van der Waals surface area contributed by atoms with Crippen LogP contribution in [0.25, 0.3) is 0 Å². The summed E-state index contributed by atoms with van der Waals surface area (Å²) in [5.41, 5.74) is 0.614. The van der Waals surface area contributed by atoms with E-state index in [-0.39, 0.29) is 5.91 Å². The van der Waals surface area contributed by atoms with Gasteiger partial charge in [0.05, 0.1) is 19.4 Å². The summed E-state index contributed by atoms with van der Waals surface area (Å²) in [6.07, 6.45) is 0. The van der Waals surface area contributed by atoms with Gasteiger partial charge < -0.3 is 5.32 Å². The fraction of sp³-hybridized carbons (Fsp3) is 0. The molecule has 2 rings (SSSR count). The van der Waals surface area contributed by atoms with Crippen molar-refractivity contribution in [3.63, 3.8) is 0 Å². The van der Waals surface area contributed by atoms with Crippen LogP contribution in [0, 0.1) is 3.57 Å². The van der Waals surface area contributed by atoms with Gasteiger partial charge in [0, 0.05) is 8.04 Å². The second-order valence-corrected chi connectivity index (χ2v) is 8.19. The monoisotopic (exact) mass is 519 g/mol. The Morgan fingerprint density at radius 1 is 1.33 bits per heavy atom.